The van der Waals surface area contributed by atoms with Gasteiger partial charge < -0.3 is 21.3 Å². The highest BCUT2D eigenvalue weighted by Crippen LogP contribution is 2.32. The predicted octanol–water partition coefficient (Wildman–Crippen LogP) is 8.04. The lowest BCUT2D eigenvalue weighted by atomic mass is 10.1. The van der Waals surface area contributed by atoms with E-state index in [1.807, 2.05) is 0 Å². The van der Waals surface area contributed by atoms with Crippen molar-refractivity contribution in [1.29, 1.82) is 4.78 Å². The van der Waals surface area contributed by atoms with Crippen LogP contribution in [-0.4, -0.2) is 32.5 Å². The first kappa shape index (κ1) is 30.2. The SMILES string of the molecule is CC(F)(F)c1ccc(F)c(NC(=O)Nc2ccc(-c3cnc4nc3NCCCCSS(=N)(=O)c3cccc(c3)N4)cc2)c1. The molecule has 2 amide bonds. The molecule has 3 aromatic carbocycles. The molecule has 5 N–H and O–H groups in total. The summed E-state index contributed by atoms with van der Waals surface area (Å²) in [5.41, 5.74) is 1.69. The van der Waals surface area contributed by atoms with Crippen LogP contribution in [0.3, 0.4) is 0 Å². The van der Waals surface area contributed by atoms with Gasteiger partial charge in [0.05, 0.1) is 10.6 Å². The van der Waals surface area contributed by atoms with Gasteiger partial charge in [0.25, 0.3) is 5.92 Å². The van der Waals surface area contributed by atoms with Crippen LogP contribution < -0.4 is 21.3 Å². The molecule has 0 spiro atoms. The third-order valence-electron chi connectivity index (χ3n) is 6.48. The number of carbonyl (C=O) groups is 1. The molecule has 1 aliphatic rings. The number of rotatable bonds is 4. The van der Waals surface area contributed by atoms with E-state index in [0.717, 1.165) is 47.4 Å². The number of urea groups is 1. The van der Waals surface area contributed by atoms with Gasteiger partial charge in [-0.15, -0.1) is 0 Å². The number of hydrogen-bond donors (Lipinski definition) is 5. The van der Waals surface area contributed by atoms with Gasteiger partial charge in [0.15, 0.2) is 0 Å². The fourth-order valence-electron chi connectivity index (χ4n) is 4.25. The lowest BCUT2D eigenvalue weighted by molar-refractivity contribution is 0.0174. The summed E-state index contributed by atoms with van der Waals surface area (Å²) >= 11 is 0. The molecule has 0 radical (unpaired) electrons. The molecule has 0 saturated heterocycles. The Bertz CT molecular complexity index is 1750. The number of hydrogen-bond acceptors (Lipinski definition) is 8. The number of nitrogens with one attached hydrogen (secondary N) is 5. The number of anilines is 5. The number of aromatic nitrogens is 2. The Morgan fingerprint density at radius 3 is 2.63 bits per heavy atom. The van der Waals surface area contributed by atoms with Gasteiger partial charge in [-0.1, -0.05) is 24.3 Å². The average molecular weight is 628 g/mol. The Labute approximate surface area is 250 Å². The summed E-state index contributed by atoms with van der Waals surface area (Å²) in [5, 5.41) is 11.3. The highest BCUT2D eigenvalue weighted by atomic mass is 33.1. The van der Waals surface area contributed by atoms with E-state index in [2.05, 4.69) is 31.2 Å². The van der Waals surface area contributed by atoms with Crippen LogP contribution in [0.1, 0.15) is 25.3 Å². The van der Waals surface area contributed by atoms with Crippen LogP contribution in [0, 0.1) is 10.6 Å². The Morgan fingerprint density at radius 2 is 1.86 bits per heavy atom. The van der Waals surface area contributed by atoms with Crippen LogP contribution in [-0.2, 0) is 14.7 Å². The number of amides is 2. The number of halogens is 3. The average Bonchev–Trinajstić information content (AvgIpc) is 2.96. The topological polar surface area (TPSA) is 132 Å². The number of carbonyl (C=O) groups excluding carboxylic acids is 1. The van der Waals surface area contributed by atoms with Gasteiger partial charge >= 0.3 is 6.03 Å². The van der Waals surface area contributed by atoms with Crippen LogP contribution in [0.2, 0.25) is 0 Å². The molecule has 0 fully saturated rings. The van der Waals surface area contributed by atoms with Crippen LogP contribution in [0.25, 0.3) is 11.1 Å². The lowest BCUT2D eigenvalue weighted by Gasteiger charge is -2.16. The highest BCUT2D eigenvalue weighted by molar-refractivity contribution is 8.72. The first-order valence-electron chi connectivity index (χ1n) is 13.3. The summed E-state index contributed by atoms with van der Waals surface area (Å²) in [5.74, 6) is -2.54. The number of fused-ring (bicyclic) bond motifs is 4. The monoisotopic (exact) mass is 627 g/mol. The lowest BCUT2D eigenvalue weighted by Crippen LogP contribution is -2.20. The van der Waals surface area contributed by atoms with Gasteiger partial charge in [-0.3, -0.25) is 0 Å². The highest BCUT2D eigenvalue weighted by Gasteiger charge is 2.25. The van der Waals surface area contributed by atoms with Gasteiger partial charge in [0, 0.05) is 47.9 Å². The smallest absolute Gasteiger partial charge is 0.323 e. The Balaban J connectivity index is 1.33. The molecule has 0 saturated carbocycles. The summed E-state index contributed by atoms with van der Waals surface area (Å²) in [4.78, 5) is 22.0. The molecule has 1 aromatic heterocycles. The van der Waals surface area contributed by atoms with E-state index in [1.165, 1.54) is 0 Å². The fraction of sp³-hybridized carbons (Fsp3) is 0.207. The van der Waals surface area contributed by atoms with Crippen LogP contribution in [0.15, 0.2) is 77.8 Å². The zero-order valence-corrected chi connectivity index (χ0v) is 24.6. The molecule has 43 heavy (non-hydrogen) atoms. The molecule has 9 nitrogen and oxygen atoms in total. The Hall–Kier alpha value is -4.30. The third kappa shape index (κ3) is 7.56. The van der Waals surface area contributed by atoms with Crippen molar-refractivity contribution >= 4 is 54.4 Å². The number of nitrogens with zero attached hydrogens (tertiary/aromatic N) is 2. The molecule has 5 rings (SSSR count). The van der Waals surface area contributed by atoms with E-state index in [1.54, 1.807) is 54.7 Å². The Kier molecular flexibility index (Phi) is 8.78. The molecule has 4 bridgehead atoms. The molecule has 1 unspecified atom stereocenters. The predicted molar refractivity (Wildman–Crippen MR) is 165 cm³/mol. The van der Waals surface area contributed by atoms with Crippen molar-refractivity contribution in [2.24, 2.45) is 0 Å². The minimum Gasteiger partial charge on any atom is -0.369 e. The van der Waals surface area contributed by atoms with Crippen molar-refractivity contribution in [1.82, 2.24) is 9.97 Å². The number of benzene rings is 3. The molecule has 14 heteroatoms. The second-order valence-corrected chi connectivity index (χ2v) is 14.0. The second kappa shape index (κ2) is 12.5. The maximum atomic E-state index is 14.1. The zero-order valence-electron chi connectivity index (χ0n) is 22.9. The van der Waals surface area contributed by atoms with Gasteiger partial charge in [0.2, 0.25) is 5.95 Å². The van der Waals surface area contributed by atoms with E-state index in [0.29, 0.717) is 52.8 Å². The fourth-order valence-corrected chi connectivity index (χ4v) is 7.26. The molecule has 224 valence electrons. The van der Waals surface area contributed by atoms with E-state index >= 15 is 0 Å². The standard InChI is InChI=1S/C29H28F3N7O2S2/c1-29(31,32)19-9-12-24(30)25(15-19)38-28(40)37-20-10-7-18(8-11-20)23-17-35-27-36-21-5-4-6-22(16-21)43(33,41)42-14-3-2-13-34-26(23)39-27/h4-12,15-17,33H,2-3,13-14H2,1H3,(H2,37,38,40)(H2,34,35,36,39). The summed E-state index contributed by atoms with van der Waals surface area (Å²) in [6, 6.07) is 15.6. The summed E-state index contributed by atoms with van der Waals surface area (Å²) in [6.07, 6.45) is 3.19. The van der Waals surface area contributed by atoms with Gasteiger partial charge in [-0.2, -0.15) is 4.98 Å². The van der Waals surface area contributed by atoms with Gasteiger partial charge in [0.1, 0.15) is 20.4 Å². The van der Waals surface area contributed by atoms with Crippen molar-refractivity contribution in [2.75, 3.05) is 33.6 Å². The van der Waals surface area contributed by atoms with Crippen molar-refractivity contribution in [2.45, 2.75) is 30.6 Å². The molecule has 4 aromatic rings. The number of alkyl halides is 2. The third-order valence-corrected chi connectivity index (χ3v) is 10.2. The van der Waals surface area contributed by atoms with Crippen molar-refractivity contribution in [3.8, 4) is 11.1 Å². The normalized spacial score (nSPS) is 17.1. The summed E-state index contributed by atoms with van der Waals surface area (Å²) in [7, 11) is -1.84. The minimum absolute atomic E-state index is 0.316. The van der Waals surface area contributed by atoms with E-state index in [4.69, 9.17) is 4.78 Å². The molecule has 2 heterocycles. The van der Waals surface area contributed by atoms with Crippen LogP contribution in [0.4, 0.5) is 46.8 Å². The first-order chi connectivity index (χ1) is 20.5. The van der Waals surface area contributed by atoms with Crippen molar-refractivity contribution < 1.29 is 22.2 Å². The molecule has 0 aliphatic carbocycles. The second-order valence-electron chi connectivity index (χ2n) is 9.81. The van der Waals surface area contributed by atoms with E-state index in [9.17, 15) is 22.2 Å². The van der Waals surface area contributed by atoms with E-state index in [-0.39, 0.29) is 5.69 Å². The van der Waals surface area contributed by atoms with Crippen molar-refractivity contribution in [3.05, 3.63) is 84.3 Å². The largest absolute Gasteiger partial charge is 0.369 e. The summed E-state index contributed by atoms with van der Waals surface area (Å²) < 4.78 is 62.6. The van der Waals surface area contributed by atoms with Crippen LogP contribution >= 0.6 is 10.8 Å². The molecule has 1 aliphatic heterocycles. The molecular weight excluding hydrogens is 599 g/mol. The quantitative estimate of drug-likeness (QED) is 0.145. The van der Waals surface area contributed by atoms with Gasteiger partial charge in [-0.05, 0) is 71.7 Å². The van der Waals surface area contributed by atoms with Gasteiger partial charge in [-0.25, -0.2) is 31.9 Å². The molecular formula is C29H28F3N7O2S2. The molecule has 1 atom stereocenters. The zero-order chi connectivity index (χ0) is 30.6. The van der Waals surface area contributed by atoms with E-state index < -0.39 is 32.1 Å². The van der Waals surface area contributed by atoms with Crippen molar-refractivity contribution in [3.63, 3.8) is 0 Å². The summed E-state index contributed by atoms with van der Waals surface area (Å²) in [6.45, 7) is 1.28. The minimum atomic E-state index is -3.19. The Morgan fingerprint density at radius 1 is 1.07 bits per heavy atom. The maximum absolute atomic E-state index is 14.1. The van der Waals surface area contributed by atoms with Crippen LogP contribution in [0.5, 0.6) is 0 Å². The first-order valence-corrected chi connectivity index (χ1v) is 16.3. The maximum Gasteiger partial charge on any atom is 0.323 e.